The molecule has 0 bridgehead atoms. The molecule has 3 N–H and O–H groups in total. The topological polar surface area (TPSA) is 107 Å². The number of hydrogen-bond acceptors (Lipinski definition) is 6. The number of hydrogen-bond donors (Lipinski definition) is 2. The van der Waals surface area contributed by atoms with E-state index in [9.17, 15) is 19.1 Å². The molecule has 7 nitrogen and oxygen atoms in total. The average Bonchev–Trinajstić information content (AvgIpc) is 3.09. The van der Waals surface area contributed by atoms with Gasteiger partial charge in [0.15, 0.2) is 5.60 Å². The first-order valence-corrected chi connectivity index (χ1v) is 10.3. The molecule has 31 heavy (non-hydrogen) atoms. The number of esters is 1. The Morgan fingerprint density at radius 3 is 2.84 bits per heavy atom. The maximum absolute atomic E-state index is 14.6. The maximum atomic E-state index is 14.6. The lowest BCUT2D eigenvalue weighted by molar-refractivity contribution is -0.169. The van der Waals surface area contributed by atoms with Gasteiger partial charge in [0.2, 0.25) is 0 Å². The number of ether oxygens (including phenoxy) is 1. The first-order chi connectivity index (χ1) is 14.7. The van der Waals surface area contributed by atoms with Crippen LogP contribution in [0.4, 0.5) is 4.39 Å². The fourth-order valence-electron chi connectivity index (χ4n) is 5.34. The number of cyclic esters (lactones) is 1. The molecule has 1 aromatic carbocycles. The highest BCUT2D eigenvalue weighted by Gasteiger charge is 2.43. The number of aromatic nitrogens is 2. The number of carbonyl (C=O) groups excluding carboxylic acids is 1. The molecule has 0 amide bonds. The number of halogens is 1. The van der Waals surface area contributed by atoms with Crippen molar-refractivity contribution in [3.05, 3.63) is 61.7 Å². The second kappa shape index (κ2) is 5.77. The summed E-state index contributed by atoms with van der Waals surface area (Å²) in [5.74, 6) is -1.11. The van der Waals surface area contributed by atoms with Gasteiger partial charge in [0.05, 0.1) is 29.0 Å². The van der Waals surface area contributed by atoms with Crippen molar-refractivity contribution in [2.24, 2.45) is 5.73 Å². The van der Waals surface area contributed by atoms with Crippen LogP contribution in [0.3, 0.4) is 0 Å². The van der Waals surface area contributed by atoms with Crippen LogP contribution in [0, 0.1) is 12.7 Å². The summed E-state index contributed by atoms with van der Waals surface area (Å²) in [5, 5.41) is 11.6. The number of nitrogens with two attached hydrogens (primary N) is 1. The zero-order chi connectivity index (χ0) is 21.8. The SMILES string of the molecule is Cc1c(F)cc2nc3c(c4c2c1CCC4N)Cn1c-3cc2c(c1=O)COC(=O)[C@@]2(C)O. The van der Waals surface area contributed by atoms with Crippen LogP contribution >= 0.6 is 0 Å². The number of aryl methyl sites for hydroxylation is 1. The largest absolute Gasteiger partial charge is 0.458 e. The van der Waals surface area contributed by atoms with E-state index in [0.29, 0.717) is 35.3 Å². The molecule has 0 radical (unpaired) electrons. The fourth-order valence-corrected chi connectivity index (χ4v) is 5.34. The molecular weight excluding hydrogens is 401 g/mol. The van der Waals surface area contributed by atoms with Crippen LogP contribution in [0.1, 0.15) is 52.8 Å². The number of pyridine rings is 2. The van der Waals surface area contributed by atoms with Gasteiger partial charge in [-0.1, -0.05) is 0 Å². The highest BCUT2D eigenvalue weighted by Crippen LogP contribution is 2.44. The molecule has 3 aliphatic rings. The van der Waals surface area contributed by atoms with Crippen molar-refractivity contribution in [2.45, 2.75) is 51.5 Å². The molecule has 4 heterocycles. The van der Waals surface area contributed by atoms with Gasteiger partial charge in [-0.25, -0.2) is 14.2 Å². The zero-order valence-corrected chi connectivity index (χ0v) is 17.1. The first kappa shape index (κ1) is 18.7. The lowest BCUT2D eigenvalue weighted by Gasteiger charge is -2.29. The summed E-state index contributed by atoms with van der Waals surface area (Å²) in [4.78, 5) is 30.1. The van der Waals surface area contributed by atoms with Crippen molar-refractivity contribution in [2.75, 3.05) is 0 Å². The number of rotatable bonds is 0. The van der Waals surface area contributed by atoms with Crippen molar-refractivity contribution in [3.8, 4) is 11.4 Å². The summed E-state index contributed by atoms with van der Waals surface area (Å²) in [6.07, 6.45) is 1.36. The predicted octanol–water partition coefficient (Wildman–Crippen LogP) is 2.08. The number of carbonyl (C=O) groups is 1. The van der Waals surface area contributed by atoms with Gasteiger partial charge < -0.3 is 20.1 Å². The van der Waals surface area contributed by atoms with Gasteiger partial charge in [-0.3, -0.25) is 4.79 Å². The molecule has 1 unspecified atom stereocenters. The Labute approximate surface area is 176 Å². The Morgan fingerprint density at radius 1 is 1.29 bits per heavy atom. The van der Waals surface area contributed by atoms with E-state index in [1.54, 1.807) is 17.6 Å². The minimum absolute atomic E-state index is 0.184. The quantitative estimate of drug-likeness (QED) is 0.421. The van der Waals surface area contributed by atoms with Gasteiger partial charge in [0.25, 0.3) is 5.56 Å². The zero-order valence-electron chi connectivity index (χ0n) is 17.1. The Hall–Kier alpha value is -3.10. The van der Waals surface area contributed by atoms with Crippen LogP contribution in [-0.4, -0.2) is 20.6 Å². The van der Waals surface area contributed by atoms with Gasteiger partial charge in [0, 0.05) is 28.6 Å². The average molecular weight is 421 g/mol. The van der Waals surface area contributed by atoms with Crippen LogP contribution in [0.5, 0.6) is 0 Å². The molecule has 158 valence electrons. The van der Waals surface area contributed by atoms with Crippen molar-refractivity contribution in [1.82, 2.24) is 9.55 Å². The van der Waals surface area contributed by atoms with Gasteiger partial charge in [0.1, 0.15) is 12.4 Å². The molecule has 0 saturated heterocycles. The third-order valence-corrected chi connectivity index (χ3v) is 7.05. The van der Waals surface area contributed by atoms with E-state index in [4.69, 9.17) is 15.5 Å². The summed E-state index contributed by atoms with van der Waals surface area (Å²) < 4.78 is 21.2. The molecule has 0 spiro atoms. The van der Waals surface area contributed by atoms with E-state index in [1.165, 1.54) is 13.0 Å². The van der Waals surface area contributed by atoms with Crippen LogP contribution in [0.2, 0.25) is 0 Å². The van der Waals surface area contributed by atoms with Gasteiger partial charge in [-0.05, 0) is 49.4 Å². The van der Waals surface area contributed by atoms with Gasteiger partial charge >= 0.3 is 5.97 Å². The van der Waals surface area contributed by atoms with E-state index < -0.39 is 11.6 Å². The third kappa shape index (κ3) is 2.21. The lowest BCUT2D eigenvalue weighted by Crippen LogP contribution is -2.42. The number of aliphatic hydroxyl groups is 1. The predicted molar refractivity (Wildman–Crippen MR) is 110 cm³/mol. The highest BCUT2D eigenvalue weighted by molar-refractivity contribution is 5.93. The van der Waals surface area contributed by atoms with Crippen LogP contribution < -0.4 is 11.3 Å². The van der Waals surface area contributed by atoms with Crippen molar-refractivity contribution in [3.63, 3.8) is 0 Å². The minimum Gasteiger partial charge on any atom is -0.458 e. The maximum Gasteiger partial charge on any atom is 0.342 e. The summed E-state index contributed by atoms with van der Waals surface area (Å²) in [6.45, 7) is 3.19. The van der Waals surface area contributed by atoms with Gasteiger partial charge in [-0.2, -0.15) is 0 Å². The molecule has 0 saturated carbocycles. The molecule has 2 aliphatic heterocycles. The van der Waals surface area contributed by atoms with Crippen LogP contribution in [0.25, 0.3) is 22.3 Å². The van der Waals surface area contributed by atoms with Gasteiger partial charge in [-0.15, -0.1) is 0 Å². The normalized spacial score (nSPS) is 23.4. The number of fused-ring (bicyclic) bond motifs is 5. The van der Waals surface area contributed by atoms with Crippen LogP contribution in [-0.2, 0) is 34.7 Å². The second-order valence-electron chi connectivity index (χ2n) is 8.82. The van der Waals surface area contributed by atoms with Crippen molar-refractivity contribution >= 4 is 16.9 Å². The fraction of sp³-hybridized carbons (Fsp3) is 0.348. The highest BCUT2D eigenvalue weighted by atomic mass is 19.1. The molecule has 6 rings (SSSR count). The molecule has 2 aromatic heterocycles. The first-order valence-electron chi connectivity index (χ1n) is 10.3. The Bertz CT molecular complexity index is 1420. The van der Waals surface area contributed by atoms with Crippen LogP contribution in [0.15, 0.2) is 16.9 Å². The van der Waals surface area contributed by atoms with Crippen molar-refractivity contribution in [1.29, 1.82) is 0 Å². The lowest BCUT2D eigenvalue weighted by atomic mass is 9.82. The smallest absolute Gasteiger partial charge is 0.342 e. The molecular formula is C23H20FN3O4. The van der Waals surface area contributed by atoms with E-state index in [-0.39, 0.29) is 41.7 Å². The summed E-state index contributed by atoms with van der Waals surface area (Å²) in [5.41, 5.74) is 9.56. The van der Waals surface area contributed by atoms with E-state index in [1.807, 2.05) is 0 Å². The Kier molecular flexibility index (Phi) is 3.47. The van der Waals surface area contributed by atoms with E-state index >= 15 is 0 Å². The molecule has 8 heteroatoms. The molecule has 3 aromatic rings. The second-order valence-corrected chi connectivity index (χ2v) is 8.82. The number of nitrogens with zero attached hydrogens (tertiary/aromatic N) is 2. The van der Waals surface area contributed by atoms with Crippen molar-refractivity contribution < 1.29 is 19.0 Å². The number of benzene rings is 1. The summed E-state index contributed by atoms with van der Waals surface area (Å²) in [7, 11) is 0. The van der Waals surface area contributed by atoms with E-state index in [0.717, 1.165) is 22.1 Å². The molecule has 2 atom stereocenters. The Balaban J connectivity index is 1.71. The van der Waals surface area contributed by atoms with E-state index in [2.05, 4.69) is 0 Å². The molecule has 1 aliphatic carbocycles. The summed E-state index contributed by atoms with van der Waals surface area (Å²) in [6, 6.07) is 2.81. The molecule has 0 fully saturated rings. The summed E-state index contributed by atoms with van der Waals surface area (Å²) >= 11 is 0. The minimum atomic E-state index is -1.93. The third-order valence-electron chi connectivity index (χ3n) is 7.05. The standard InChI is InChI=1S/C23H20FN3O4/c1-9-10-3-4-15(25)18-11-7-27-17(20(11)26-16(19(10)18)6-14(9)24)5-13-12(21(27)28)8-31-22(29)23(13,2)30/h5-6,15,30H,3-4,7-8,25H2,1-2H3/t15?,23-/m0/s1. The Morgan fingerprint density at radius 2 is 2.06 bits per heavy atom. The monoisotopic (exact) mass is 421 g/mol.